The summed E-state index contributed by atoms with van der Waals surface area (Å²) in [6.45, 7) is 0. The van der Waals surface area contributed by atoms with Gasteiger partial charge in [-0.3, -0.25) is 0 Å². The van der Waals surface area contributed by atoms with Crippen molar-refractivity contribution in [2.75, 3.05) is 11.7 Å². The number of nitriles is 1. The Morgan fingerprint density at radius 2 is 2.10 bits per heavy atom. The van der Waals surface area contributed by atoms with E-state index < -0.39 is 0 Å². The highest BCUT2D eigenvalue weighted by Gasteiger charge is 2.05. The molecule has 0 aliphatic heterocycles. The van der Waals surface area contributed by atoms with Gasteiger partial charge < -0.3 is 10.2 Å². The minimum Gasteiger partial charge on any atom is -0.439 e. The average molecular weight is 287 g/mol. The Labute approximate surface area is 121 Å². The number of hydrogen-bond donors (Lipinski definition) is 2. The van der Waals surface area contributed by atoms with Gasteiger partial charge in [-0.15, -0.1) is 0 Å². The van der Waals surface area contributed by atoms with Crippen LogP contribution in [0.4, 0.5) is 5.82 Å². The van der Waals surface area contributed by atoms with Crippen LogP contribution in [0.1, 0.15) is 5.56 Å². The molecule has 0 aliphatic rings. The minimum atomic E-state index is 0.381. The fourth-order valence-electron chi connectivity index (χ4n) is 1.51. The van der Waals surface area contributed by atoms with Gasteiger partial charge in [-0.05, 0) is 24.0 Å². The molecule has 2 aromatic rings. The van der Waals surface area contributed by atoms with Crippen LogP contribution in [0, 0.1) is 11.3 Å². The number of benzene rings is 1. The van der Waals surface area contributed by atoms with E-state index in [1.165, 1.54) is 11.8 Å². The number of hydrogen-bond acceptors (Lipinski definition) is 7. The van der Waals surface area contributed by atoms with Gasteiger partial charge in [-0.2, -0.15) is 10.2 Å². The fraction of sp³-hybridized carbons (Fsp3) is 0.154. The molecule has 1 heterocycles. The summed E-state index contributed by atoms with van der Waals surface area (Å²) in [4.78, 5) is 8.39. The molecule has 7 heteroatoms. The summed E-state index contributed by atoms with van der Waals surface area (Å²) in [6.07, 6.45) is 2.25. The first-order valence-electron chi connectivity index (χ1n) is 5.78. The summed E-state index contributed by atoms with van der Waals surface area (Å²) in [6, 6.07) is 11.0. The number of ether oxygens (including phenoxy) is 1. The van der Waals surface area contributed by atoms with Crippen LogP contribution < -0.4 is 16.0 Å². The topological polar surface area (TPSA) is 96.9 Å². The van der Waals surface area contributed by atoms with Crippen molar-refractivity contribution in [2.24, 2.45) is 5.84 Å². The number of rotatable bonds is 5. The van der Waals surface area contributed by atoms with Crippen molar-refractivity contribution in [3.05, 3.63) is 35.9 Å². The van der Waals surface area contributed by atoms with Gasteiger partial charge in [-0.25, -0.2) is 10.8 Å². The van der Waals surface area contributed by atoms with Crippen LogP contribution in [0.3, 0.4) is 0 Å². The van der Waals surface area contributed by atoms with E-state index in [1.54, 1.807) is 18.2 Å². The summed E-state index contributed by atoms with van der Waals surface area (Å²) in [5, 5.41) is 9.19. The Hall–Kier alpha value is -2.30. The first kappa shape index (κ1) is 14.1. The smallest absolute Gasteiger partial charge is 0.225 e. The van der Waals surface area contributed by atoms with Crippen LogP contribution in [0.25, 0.3) is 0 Å². The highest BCUT2D eigenvalue weighted by atomic mass is 32.2. The zero-order chi connectivity index (χ0) is 14.4. The second-order valence-electron chi connectivity index (χ2n) is 3.80. The molecule has 0 bridgehead atoms. The lowest BCUT2D eigenvalue weighted by molar-refractivity contribution is 0.456. The van der Waals surface area contributed by atoms with Crippen LogP contribution in [0.15, 0.2) is 35.5 Å². The van der Waals surface area contributed by atoms with Gasteiger partial charge in [0.25, 0.3) is 0 Å². The molecule has 0 saturated carbocycles. The quantitative estimate of drug-likeness (QED) is 0.377. The second-order valence-corrected chi connectivity index (χ2v) is 4.58. The molecule has 0 aliphatic carbocycles. The Kier molecular flexibility index (Phi) is 4.76. The predicted molar refractivity (Wildman–Crippen MR) is 77.5 cm³/mol. The Balaban J connectivity index is 2.18. The SMILES string of the molecule is CSc1nc(NN)cc(Oc2ccc(CC#N)cc2)n1. The van der Waals surface area contributed by atoms with Gasteiger partial charge in [0.05, 0.1) is 12.5 Å². The second kappa shape index (κ2) is 6.75. The monoisotopic (exact) mass is 287 g/mol. The summed E-state index contributed by atoms with van der Waals surface area (Å²) in [7, 11) is 0. The van der Waals surface area contributed by atoms with Crippen molar-refractivity contribution >= 4 is 17.6 Å². The van der Waals surface area contributed by atoms with Gasteiger partial charge in [0.1, 0.15) is 11.6 Å². The molecule has 1 aromatic heterocycles. The van der Waals surface area contributed by atoms with Crippen LogP contribution in [0.5, 0.6) is 11.6 Å². The molecule has 0 spiro atoms. The van der Waals surface area contributed by atoms with E-state index in [1.807, 2.05) is 18.4 Å². The first-order valence-corrected chi connectivity index (χ1v) is 7.01. The van der Waals surface area contributed by atoms with E-state index in [2.05, 4.69) is 21.5 Å². The van der Waals surface area contributed by atoms with Gasteiger partial charge in [0.15, 0.2) is 5.16 Å². The molecule has 0 atom stereocenters. The number of aromatic nitrogens is 2. The summed E-state index contributed by atoms with van der Waals surface area (Å²) in [5.41, 5.74) is 3.41. The number of hydrazine groups is 1. The molecule has 102 valence electrons. The Bertz CT molecular complexity index is 601. The first-order chi connectivity index (χ1) is 9.75. The molecule has 0 fully saturated rings. The largest absolute Gasteiger partial charge is 0.439 e. The lowest BCUT2D eigenvalue weighted by Crippen LogP contribution is -2.09. The number of nitrogen functional groups attached to an aromatic ring is 1. The summed E-state index contributed by atoms with van der Waals surface area (Å²) >= 11 is 1.40. The van der Waals surface area contributed by atoms with Crippen molar-refractivity contribution in [3.63, 3.8) is 0 Å². The van der Waals surface area contributed by atoms with Gasteiger partial charge >= 0.3 is 0 Å². The molecule has 3 N–H and O–H groups in total. The fourth-order valence-corrected chi connectivity index (χ4v) is 1.88. The molecule has 0 radical (unpaired) electrons. The maximum Gasteiger partial charge on any atom is 0.225 e. The molecule has 2 rings (SSSR count). The standard InChI is InChI=1S/C13H13N5OS/c1-20-13-16-11(18-15)8-12(17-13)19-10-4-2-9(3-5-10)6-7-14/h2-5,8H,6,15H2,1H3,(H,16,17,18). The van der Waals surface area contributed by atoms with Crippen LogP contribution in [0.2, 0.25) is 0 Å². The highest BCUT2D eigenvalue weighted by molar-refractivity contribution is 7.98. The normalized spacial score (nSPS) is 9.85. The lowest BCUT2D eigenvalue weighted by Gasteiger charge is -2.08. The van der Waals surface area contributed by atoms with Crippen LogP contribution >= 0.6 is 11.8 Å². The molecular formula is C13H13N5OS. The Morgan fingerprint density at radius 1 is 1.35 bits per heavy atom. The van der Waals surface area contributed by atoms with E-state index in [0.29, 0.717) is 29.0 Å². The predicted octanol–water partition coefficient (Wildman–Crippen LogP) is 2.34. The van der Waals surface area contributed by atoms with E-state index >= 15 is 0 Å². The molecule has 0 unspecified atom stereocenters. The minimum absolute atomic E-state index is 0.381. The zero-order valence-electron chi connectivity index (χ0n) is 10.8. The third-order valence-electron chi connectivity index (χ3n) is 2.44. The van der Waals surface area contributed by atoms with Crippen LogP contribution in [-0.4, -0.2) is 16.2 Å². The average Bonchev–Trinajstić information content (AvgIpc) is 2.49. The third kappa shape index (κ3) is 3.60. The lowest BCUT2D eigenvalue weighted by atomic mass is 10.2. The van der Waals surface area contributed by atoms with Crippen molar-refractivity contribution in [1.82, 2.24) is 9.97 Å². The summed E-state index contributed by atoms with van der Waals surface area (Å²) in [5.74, 6) is 6.89. The number of thioether (sulfide) groups is 1. The van der Waals surface area contributed by atoms with Gasteiger partial charge in [0.2, 0.25) is 5.88 Å². The van der Waals surface area contributed by atoms with Crippen molar-refractivity contribution in [3.8, 4) is 17.7 Å². The number of nitrogens with two attached hydrogens (primary N) is 1. The highest BCUT2D eigenvalue weighted by Crippen LogP contribution is 2.24. The Morgan fingerprint density at radius 3 is 2.70 bits per heavy atom. The van der Waals surface area contributed by atoms with Gasteiger partial charge in [0, 0.05) is 6.07 Å². The summed E-state index contributed by atoms with van der Waals surface area (Å²) < 4.78 is 5.65. The third-order valence-corrected chi connectivity index (χ3v) is 2.99. The number of anilines is 1. The molecule has 1 aromatic carbocycles. The van der Waals surface area contributed by atoms with E-state index in [-0.39, 0.29) is 0 Å². The van der Waals surface area contributed by atoms with E-state index in [4.69, 9.17) is 15.8 Å². The maximum atomic E-state index is 8.62. The molecule has 0 saturated heterocycles. The van der Waals surface area contributed by atoms with E-state index in [0.717, 1.165) is 5.56 Å². The maximum absolute atomic E-state index is 8.62. The van der Waals surface area contributed by atoms with E-state index in [9.17, 15) is 0 Å². The molecule has 20 heavy (non-hydrogen) atoms. The van der Waals surface area contributed by atoms with Crippen LogP contribution in [-0.2, 0) is 6.42 Å². The van der Waals surface area contributed by atoms with Crippen molar-refractivity contribution < 1.29 is 4.74 Å². The van der Waals surface area contributed by atoms with Crippen molar-refractivity contribution in [1.29, 1.82) is 5.26 Å². The molecular weight excluding hydrogens is 274 g/mol. The molecule has 0 amide bonds. The van der Waals surface area contributed by atoms with Gasteiger partial charge in [-0.1, -0.05) is 23.9 Å². The molecule has 6 nitrogen and oxygen atoms in total. The number of nitrogens with one attached hydrogen (secondary N) is 1. The number of nitrogens with zero attached hydrogens (tertiary/aromatic N) is 3. The van der Waals surface area contributed by atoms with Crippen molar-refractivity contribution in [2.45, 2.75) is 11.6 Å². The zero-order valence-corrected chi connectivity index (χ0v) is 11.6.